The molecular weight excluding hydrogens is 260 g/mol. The van der Waals surface area contributed by atoms with Crippen LogP contribution in [-0.2, 0) is 4.74 Å². The second-order valence-electron chi connectivity index (χ2n) is 3.93. The first kappa shape index (κ1) is 15.7. The van der Waals surface area contributed by atoms with Gasteiger partial charge in [-0.15, -0.1) is 11.3 Å². The summed E-state index contributed by atoms with van der Waals surface area (Å²) < 4.78 is 5.34. The summed E-state index contributed by atoms with van der Waals surface area (Å²) in [4.78, 5) is 12.7. The number of amides is 1. The molecule has 0 aliphatic heterocycles. The van der Waals surface area contributed by atoms with Crippen molar-refractivity contribution in [1.29, 1.82) is 0 Å². The smallest absolute Gasteiger partial charge is 0.252 e. The van der Waals surface area contributed by atoms with Crippen LogP contribution in [0.15, 0.2) is 11.4 Å². The minimum absolute atomic E-state index is 0.0625. The van der Waals surface area contributed by atoms with Crippen molar-refractivity contribution in [2.75, 3.05) is 26.3 Å². The maximum Gasteiger partial charge on any atom is 0.252 e. The molecule has 104 valence electrons. The van der Waals surface area contributed by atoms with Crippen LogP contribution >= 0.6 is 11.3 Å². The molecule has 5 heteroatoms. The molecule has 1 heterocycles. The Kier molecular flexibility index (Phi) is 7.91. The maximum atomic E-state index is 11.8. The minimum atomic E-state index is -0.0625. The van der Waals surface area contributed by atoms with Gasteiger partial charge < -0.3 is 15.8 Å². The van der Waals surface area contributed by atoms with Gasteiger partial charge in [0.25, 0.3) is 5.91 Å². The molecule has 19 heavy (non-hydrogen) atoms. The van der Waals surface area contributed by atoms with Crippen LogP contribution in [0.1, 0.15) is 35.0 Å². The van der Waals surface area contributed by atoms with Crippen LogP contribution in [-0.4, -0.2) is 32.2 Å². The van der Waals surface area contributed by atoms with Gasteiger partial charge in [-0.3, -0.25) is 4.79 Å². The molecule has 0 unspecified atom stereocenters. The number of nitrogens with two attached hydrogens (primary N) is 1. The quantitative estimate of drug-likeness (QED) is 0.589. The average molecular weight is 280 g/mol. The molecule has 0 saturated carbocycles. The summed E-state index contributed by atoms with van der Waals surface area (Å²) in [5, 5.41) is 4.67. The molecule has 3 N–H and O–H groups in total. The Bertz CT molecular complexity index is 446. The lowest BCUT2D eigenvalue weighted by molar-refractivity contribution is 0.0942. The van der Waals surface area contributed by atoms with Crippen LogP contribution in [0.2, 0.25) is 0 Å². The average Bonchev–Trinajstić information content (AvgIpc) is 2.89. The lowest BCUT2D eigenvalue weighted by Crippen LogP contribution is -2.24. The van der Waals surface area contributed by atoms with E-state index in [2.05, 4.69) is 24.1 Å². The zero-order valence-corrected chi connectivity index (χ0v) is 12.0. The van der Waals surface area contributed by atoms with Gasteiger partial charge in [0.15, 0.2) is 0 Å². The number of nitrogens with one attached hydrogen (secondary N) is 1. The Morgan fingerprint density at radius 2 is 2.37 bits per heavy atom. The summed E-state index contributed by atoms with van der Waals surface area (Å²) in [6.07, 6.45) is 1.85. The van der Waals surface area contributed by atoms with E-state index in [0.29, 0.717) is 25.3 Å². The van der Waals surface area contributed by atoms with Crippen molar-refractivity contribution >= 4 is 17.2 Å². The van der Waals surface area contributed by atoms with E-state index in [1.807, 2.05) is 5.38 Å². The van der Waals surface area contributed by atoms with Crippen molar-refractivity contribution < 1.29 is 9.53 Å². The maximum absolute atomic E-state index is 11.8. The zero-order valence-electron chi connectivity index (χ0n) is 11.2. The van der Waals surface area contributed by atoms with Gasteiger partial charge in [0.2, 0.25) is 0 Å². The minimum Gasteiger partial charge on any atom is -0.381 e. The Hall–Kier alpha value is -1.35. The Morgan fingerprint density at radius 1 is 1.53 bits per heavy atom. The van der Waals surface area contributed by atoms with Crippen LogP contribution in [0, 0.1) is 11.8 Å². The van der Waals surface area contributed by atoms with Gasteiger partial charge >= 0.3 is 0 Å². The number of carbonyl (C=O) groups excluding carboxylic acids is 1. The summed E-state index contributed by atoms with van der Waals surface area (Å²) in [7, 11) is 0. The third-order valence-corrected chi connectivity index (χ3v) is 3.12. The van der Waals surface area contributed by atoms with Crippen LogP contribution in [0.5, 0.6) is 0 Å². The van der Waals surface area contributed by atoms with Crippen LogP contribution < -0.4 is 11.1 Å². The van der Waals surface area contributed by atoms with Crippen LogP contribution in [0.4, 0.5) is 0 Å². The van der Waals surface area contributed by atoms with Crippen LogP contribution in [0.3, 0.4) is 0 Å². The van der Waals surface area contributed by atoms with Gasteiger partial charge in [0.05, 0.1) is 17.0 Å². The van der Waals surface area contributed by atoms with E-state index in [0.717, 1.165) is 24.3 Å². The van der Waals surface area contributed by atoms with E-state index in [1.54, 1.807) is 6.07 Å². The predicted octanol–water partition coefficient (Wildman–Crippen LogP) is 1.60. The predicted molar refractivity (Wildman–Crippen MR) is 78.3 cm³/mol. The molecule has 1 aromatic heterocycles. The second kappa shape index (κ2) is 9.56. The number of thiophene rings is 1. The van der Waals surface area contributed by atoms with Crippen molar-refractivity contribution in [3.8, 4) is 11.8 Å². The van der Waals surface area contributed by atoms with Gasteiger partial charge in [-0.05, 0) is 18.9 Å². The van der Waals surface area contributed by atoms with E-state index in [-0.39, 0.29) is 5.91 Å². The Labute approximate surface area is 118 Å². The monoisotopic (exact) mass is 280 g/mol. The summed E-state index contributed by atoms with van der Waals surface area (Å²) in [5.41, 5.74) is 5.95. The largest absolute Gasteiger partial charge is 0.381 e. The molecule has 1 rings (SSSR count). The highest BCUT2D eigenvalue weighted by molar-refractivity contribution is 7.10. The molecule has 0 aliphatic carbocycles. The highest BCUT2D eigenvalue weighted by Crippen LogP contribution is 2.13. The number of hydrogen-bond acceptors (Lipinski definition) is 4. The van der Waals surface area contributed by atoms with E-state index in [4.69, 9.17) is 10.5 Å². The highest BCUT2D eigenvalue weighted by Gasteiger charge is 2.06. The Balaban J connectivity index is 2.27. The molecule has 0 spiro atoms. The standard InChI is InChI=1S/C14H20N2O2S/c1-2-8-18-9-4-7-16-14(17)12-10-13(19-11-12)5-3-6-15/h10-11H,2,4,6-9,15H2,1H3,(H,16,17). The summed E-state index contributed by atoms with van der Waals surface area (Å²) in [6.45, 7) is 4.50. The molecule has 0 atom stereocenters. The normalized spacial score (nSPS) is 9.79. The molecule has 0 radical (unpaired) electrons. The molecule has 0 aromatic carbocycles. The first-order valence-electron chi connectivity index (χ1n) is 6.41. The lowest BCUT2D eigenvalue weighted by Gasteiger charge is -2.04. The topological polar surface area (TPSA) is 64.3 Å². The Morgan fingerprint density at radius 3 is 3.11 bits per heavy atom. The van der Waals surface area contributed by atoms with E-state index >= 15 is 0 Å². The van der Waals surface area contributed by atoms with E-state index in [9.17, 15) is 4.79 Å². The fraction of sp³-hybridized carbons (Fsp3) is 0.500. The van der Waals surface area contributed by atoms with Crippen molar-refractivity contribution in [3.63, 3.8) is 0 Å². The van der Waals surface area contributed by atoms with Gasteiger partial charge in [-0.1, -0.05) is 18.8 Å². The number of carbonyl (C=O) groups is 1. The van der Waals surface area contributed by atoms with Crippen molar-refractivity contribution in [2.45, 2.75) is 19.8 Å². The molecule has 0 bridgehead atoms. The van der Waals surface area contributed by atoms with E-state index in [1.165, 1.54) is 11.3 Å². The molecule has 1 aromatic rings. The van der Waals surface area contributed by atoms with Crippen molar-refractivity contribution in [2.24, 2.45) is 5.73 Å². The molecule has 0 saturated heterocycles. The number of hydrogen-bond donors (Lipinski definition) is 2. The third kappa shape index (κ3) is 6.39. The molecule has 0 fully saturated rings. The van der Waals surface area contributed by atoms with Crippen LogP contribution in [0.25, 0.3) is 0 Å². The second-order valence-corrected chi connectivity index (χ2v) is 4.84. The molecule has 4 nitrogen and oxygen atoms in total. The fourth-order valence-electron chi connectivity index (χ4n) is 1.38. The van der Waals surface area contributed by atoms with Crippen molar-refractivity contribution in [3.05, 3.63) is 21.9 Å². The number of ether oxygens (including phenoxy) is 1. The first-order chi connectivity index (χ1) is 9.27. The third-order valence-electron chi connectivity index (χ3n) is 2.27. The lowest BCUT2D eigenvalue weighted by atomic mass is 10.3. The molecule has 1 amide bonds. The summed E-state index contributed by atoms with van der Waals surface area (Å²) >= 11 is 1.45. The van der Waals surface area contributed by atoms with Gasteiger partial charge in [-0.2, -0.15) is 0 Å². The van der Waals surface area contributed by atoms with E-state index < -0.39 is 0 Å². The highest BCUT2D eigenvalue weighted by atomic mass is 32.1. The summed E-state index contributed by atoms with van der Waals surface area (Å²) in [6, 6.07) is 1.79. The SMILES string of the molecule is CCCOCCCNC(=O)c1csc(C#CCN)c1. The first-order valence-corrected chi connectivity index (χ1v) is 7.29. The van der Waals surface area contributed by atoms with Crippen molar-refractivity contribution in [1.82, 2.24) is 5.32 Å². The van der Waals surface area contributed by atoms with Gasteiger partial charge in [0.1, 0.15) is 0 Å². The van der Waals surface area contributed by atoms with Gasteiger partial charge in [-0.25, -0.2) is 0 Å². The fourth-order valence-corrected chi connectivity index (χ4v) is 2.14. The molecule has 0 aliphatic rings. The zero-order chi connectivity index (χ0) is 13.9. The molecular formula is C14H20N2O2S. The number of rotatable bonds is 7. The summed E-state index contributed by atoms with van der Waals surface area (Å²) in [5.74, 6) is 5.62. The van der Waals surface area contributed by atoms with Gasteiger partial charge in [0, 0.05) is 25.1 Å².